The highest BCUT2D eigenvalue weighted by Crippen LogP contribution is 2.29. The van der Waals surface area contributed by atoms with Gasteiger partial charge in [0.2, 0.25) is 0 Å². The fourth-order valence-corrected chi connectivity index (χ4v) is 5.13. The fraction of sp³-hybridized carbons (Fsp3) is 0.250. The van der Waals surface area contributed by atoms with E-state index in [0.717, 1.165) is 35.5 Å². The lowest BCUT2D eigenvalue weighted by atomic mass is 10.0. The van der Waals surface area contributed by atoms with E-state index in [4.69, 9.17) is 9.47 Å². The molecule has 0 fully saturated rings. The van der Waals surface area contributed by atoms with Crippen molar-refractivity contribution in [2.75, 3.05) is 25.7 Å². The molecule has 0 aliphatic carbocycles. The van der Waals surface area contributed by atoms with Gasteiger partial charge in [0.25, 0.3) is 0 Å². The number of benzene rings is 4. The van der Waals surface area contributed by atoms with Crippen LogP contribution in [0.25, 0.3) is 12.2 Å². The zero-order chi connectivity index (χ0) is 31.9. The summed E-state index contributed by atoms with van der Waals surface area (Å²) in [5.41, 5.74) is 4.98. The van der Waals surface area contributed by atoms with Crippen molar-refractivity contribution in [2.45, 2.75) is 45.4 Å². The Bertz CT molecular complexity index is 1570. The molecular weight excluding hydrogens is 558 g/mol. The van der Waals surface area contributed by atoms with E-state index in [9.17, 15) is 9.59 Å². The van der Waals surface area contributed by atoms with Crippen LogP contribution in [0.4, 0.5) is 11.4 Å². The van der Waals surface area contributed by atoms with Gasteiger partial charge in [-0.3, -0.25) is 9.59 Å². The normalized spacial score (nSPS) is 11.2. The van der Waals surface area contributed by atoms with Crippen molar-refractivity contribution in [3.63, 3.8) is 0 Å². The Morgan fingerprint density at radius 1 is 0.600 bits per heavy atom. The van der Waals surface area contributed by atoms with E-state index in [1.807, 2.05) is 24.3 Å². The summed E-state index contributed by atoms with van der Waals surface area (Å²) in [6, 6.07) is 30.7. The van der Waals surface area contributed by atoms with Crippen molar-refractivity contribution in [3.05, 3.63) is 131 Å². The predicted molar refractivity (Wildman–Crippen MR) is 186 cm³/mol. The van der Waals surface area contributed by atoms with Gasteiger partial charge in [-0.25, -0.2) is 0 Å². The molecule has 0 saturated carbocycles. The monoisotopic (exact) mass is 601 g/mol. The molecule has 0 saturated heterocycles. The van der Waals surface area contributed by atoms with Crippen molar-refractivity contribution >= 4 is 35.1 Å². The van der Waals surface area contributed by atoms with Crippen LogP contribution >= 0.6 is 0 Å². The molecule has 0 radical (unpaired) electrons. The summed E-state index contributed by atoms with van der Waals surface area (Å²) in [5.74, 6) is 1.17. The quantitative estimate of drug-likeness (QED) is 0.0685. The fourth-order valence-electron chi connectivity index (χ4n) is 5.13. The summed E-state index contributed by atoms with van der Waals surface area (Å²) >= 11 is 0. The third-order valence-electron chi connectivity index (χ3n) is 7.76. The van der Waals surface area contributed by atoms with Gasteiger partial charge >= 0.3 is 0 Å². The van der Waals surface area contributed by atoms with Crippen LogP contribution in [0.15, 0.2) is 109 Å². The van der Waals surface area contributed by atoms with E-state index in [-0.39, 0.29) is 11.6 Å². The maximum Gasteiger partial charge on any atom is 0.185 e. The van der Waals surface area contributed by atoms with Gasteiger partial charge in [0.15, 0.2) is 11.6 Å². The molecular formula is C40H43NO4. The van der Waals surface area contributed by atoms with E-state index < -0.39 is 0 Å². The summed E-state index contributed by atoms with van der Waals surface area (Å²) in [7, 11) is 3.20. The van der Waals surface area contributed by atoms with E-state index in [0.29, 0.717) is 22.6 Å². The summed E-state index contributed by atoms with van der Waals surface area (Å²) in [6.45, 7) is 3.12. The molecule has 4 aromatic rings. The van der Waals surface area contributed by atoms with Gasteiger partial charge in [0.1, 0.15) is 11.5 Å². The minimum atomic E-state index is -0.112. The maximum absolute atomic E-state index is 13.1. The first-order valence-corrected chi connectivity index (χ1v) is 15.7. The number of carbonyl (C=O) groups excluding carboxylic acids is 2. The molecule has 0 aromatic heterocycles. The number of para-hydroxylation sites is 1. The van der Waals surface area contributed by atoms with Gasteiger partial charge < -0.3 is 14.4 Å². The standard InChI is InChI=1S/C40H43NO4/c1-4-5-6-7-8-12-29-41(35-13-10-9-11-14-35)36-22-15-31(20-27-39(42)32-16-23-37(44-2)24-17-32)34(30-36)21-28-40(43)33-18-25-38(45-3)26-19-33/h9-11,13-28,30H,4-8,12,29H2,1-3H3/b27-20+,28-21+. The summed E-state index contributed by atoms with van der Waals surface area (Å²) in [4.78, 5) is 28.4. The lowest BCUT2D eigenvalue weighted by molar-refractivity contribution is 0.103. The predicted octanol–water partition coefficient (Wildman–Crippen LogP) is 9.99. The van der Waals surface area contributed by atoms with E-state index >= 15 is 0 Å². The zero-order valence-corrected chi connectivity index (χ0v) is 26.6. The Morgan fingerprint density at radius 3 is 1.69 bits per heavy atom. The van der Waals surface area contributed by atoms with Crippen LogP contribution in [0.3, 0.4) is 0 Å². The van der Waals surface area contributed by atoms with Gasteiger partial charge in [-0.05, 0) is 102 Å². The Hall–Kier alpha value is -4.90. The minimum Gasteiger partial charge on any atom is -0.497 e. The van der Waals surface area contributed by atoms with E-state index in [2.05, 4.69) is 48.2 Å². The molecule has 45 heavy (non-hydrogen) atoms. The number of hydrogen-bond donors (Lipinski definition) is 0. The van der Waals surface area contributed by atoms with Crippen LogP contribution in [0.5, 0.6) is 11.5 Å². The molecule has 232 valence electrons. The average molecular weight is 602 g/mol. The van der Waals surface area contributed by atoms with Crippen LogP contribution in [0, 0.1) is 0 Å². The second-order valence-electron chi connectivity index (χ2n) is 10.9. The smallest absolute Gasteiger partial charge is 0.185 e. The lowest BCUT2D eigenvalue weighted by Crippen LogP contribution is -2.18. The molecule has 0 amide bonds. The summed E-state index contributed by atoms with van der Waals surface area (Å²) in [5, 5.41) is 0. The van der Waals surface area contributed by atoms with Crippen molar-refractivity contribution in [1.29, 1.82) is 0 Å². The van der Waals surface area contributed by atoms with E-state index in [1.165, 1.54) is 32.1 Å². The largest absolute Gasteiger partial charge is 0.497 e. The molecule has 0 bridgehead atoms. The molecule has 5 nitrogen and oxygen atoms in total. The van der Waals surface area contributed by atoms with Crippen molar-refractivity contribution in [2.24, 2.45) is 0 Å². The Kier molecular flexibility index (Phi) is 12.8. The van der Waals surface area contributed by atoms with Crippen LogP contribution in [-0.2, 0) is 0 Å². The van der Waals surface area contributed by atoms with Gasteiger partial charge in [-0.2, -0.15) is 0 Å². The van der Waals surface area contributed by atoms with Gasteiger partial charge in [-0.1, -0.05) is 75.4 Å². The van der Waals surface area contributed by atoms with E-state index in [1.54, 1.807) is 74.9 Å². The molecule has 0 atom stereocenters. The highest BCUT2D eigenvalue weighted by Gasteiger charge is 2.12. The molecule has 4 aromatic carbocycles. The molecule has 4 rings (SSSR count). The summed E-state index contributed by atoms with van der Waals surface area (Å²) in [6.07, 6.45) is 14.1. The van der Waals surface area contributed by atoms with Crippen molar-refractivity contribution in [1.82, 2.24) is 0 Å². The maximum atomic E-state index is 13.1. The SMILES string of the molecule is CCCCCCCCN(c1ccccc1)c1ccc(/C=C/C(=O)c2ccc(OC)cc2)c(/C=C/C(=O)c2ccc(OC)cc2)c1. The molecule has 5 heteroatoms. The third-order valence-corrected chi connectivity index (χ3v) is 7.76. The molecule has 0 aliphatic rings. The first-order valence-electron chi connectivity index (χ1n) is 15.7. The number of methoxy groups -OCH3 is 2. The number of ketones is 2. The second kappa shape index (κ2) is 17.4. The number of hydrogen-bond acceptors (Lipinski definition) is 5. The number of carbonyl (C=O) groups is 2. The Labute approximate surface area is 267 Å². The van der Waals surface area contributed by atoms with Gasteiger partial charge in [0, 0.05) is 29.0 Å². The number of rotatable bonds is 17. The van der Waals surface area contributed by atoms with Gasteiger partial charge in [0.05, 0.1) is 14.2 Å². The number of nitrogens with zero attached hydrogens (tertiary/aromatic N) is 1. The van der Waals surface area contributed by atoms with Crippen LogP contribution < -0.4 is 14.4 Å². The second-order valence-corrected chi connectivity index (χ2v) is 10.9. The zero-order valence-electron chi connectivity index (χ0n) is 26.6. The van der Waals surface area contributed by atoms with Crippen LogP contribution in [0.2, 0.25) is 0 Å². The number of anilines is 2. The summed E-state index contributed by atoms with van der Waals surface area (Å²) < 4.78 is 10.5. The van der Waals surface area contributed by atoms with Crippen molar-refractivity contribution < 1.29 is 19.1 Å². The first kappa shape index (κ1) is 33.0. The minimum absolute atomic E-state index is 0.111. The molecule has 0 N–H and O–H groups in total. The number of unbranched alkanes of at least 4 members (excludes halogenated alkanes) is 5. The highest BCUT2D eigenvalue weighted by molar-refractivity contribution is 6.08. The van der Waals surface area contributed by atoms with Gasteiger partial charge in [-0.15, -0.1) is 0 Å². The Morgan fingerprint density at radius 2 is 1.13 bits per heavy atom. The van der Waals surface area contributed by atoms with Crippen LogP contribution in [-0.4, -0.2) is 32.3 Å². The topological polar surface area (TPSA) is 55.8 Å². The average Bonchev–Trinajstić information content (AvgIpc) is 3.10. The van der Waals surface area contributed by atoms with Crippen LogP contribution in [0.1, 0.15) is 77.3 Å². The first-order chi connectivity index (χ1) is 22.0. The third kappa shape index (κ3) is 9.80. The number of ether oxygens (including phenoxy) is 2. The Balaban J connectivity index is 1.64. The van der Waals surface area contributed by atoms with Crippen molar-refractivity contribution in [3.8, 4) is 11.5 Å². The molecule has 0 spiro atoms. The molecule has 0 unspecified atom stereocenters. The lowest BCUT2D eigenvalue weighted by Gasteiger charge is -2.26. The highest BCUT2D eigenvalue weighted by atomic mass is 16.5. The molecule has 0 aliphatic heterocycles. The molecule has 0 heterocycles. The number of allylic oxidation sites excluding steroid dienone is 2.